The molecule has 0 bridgehead atoms. The third-order valence-corrected chi connectivity index (χ3v) is 6.13. The second kappa shape index (κ2) is 10.7. The predicted octanol–water partition coefficient (Wildman–Crippen LogP) is 5.47. The van der Waals surface area contributed by atoms with Crippen molar-refractivity contribution in [3.05, 3.63) is 63.5 Å². The van der Waals surface area contributed by atoms with E-state index >= 15 is 0 Å². The van der Waals surface area contributed by atoms with E-state index in [0.29, 0.717) is 40.9 Å². The zero-order valence-corrected chi connectivity index (χ0v) is 19.6. The maximum Gasteiger partial charge on any atom is 0.266 e. The molecule has 1 aliphatic rings. The largest absolute Gasteiger partial charge is 0.494 e. The lowest BCUT2D eigenvalue weighted by Gasteiger charge is -2.14. The highest BCUT2D eigenvalue weighted by molar-refractivity contribution is 9.10. The van der Waals surface area contributed by atoms with Gasteiger partial charge < -0.3 is 10.1 Å². The summed E-state index contributed by atoms with van der Waals surface area (Å²) in [4.78, 5) is 27.0. The number of ether oxygens (including phenoxy) is 1. The highest BCUT2D eigenvalue weighted by Crippen LogP contribution is 2.33. The van der Waals surface area contributed by atoms with E-state index in [0.717, 1.165) is 15.8 Å². The summed E-state index contributed by atoms with van der Waals surface area (Å²) in [6.07, 6.45) is 2.66. The molecule has 1 saturated heterocycles. The highest BCUT2D eigenvalue weighted by Gasteiger charge is 2.31. The zero-order valence-electron chi connectivity index (χ0n) is 16.4. The van der Waals surface area contributed by atoms with Crippen LogP contribution in [-0.2, 0) is 9.59 Å². The minimum absolute atomic E-state index is 0.103. The van der Waals surface area contributed by atoms with Gasteiger partial charge in [-0.05, 0) is 61.4 Å². The normalized spacial score (nSPS) is 15.0. The molecular weight excluding hydrogens is 484 g/mol. The summed E-state index contributed by atoms with van der Waals surface area (Å²) in [5.41, 5.74) is 1.64. The molecule has 156 valence electrons. The Bertz CT molecular complexity index is 977. The van der Waals surface area contributed by atoms with Gasteiger partial charge in [0.15, 0.2) is 0 Å². The first kappa shape index (κ1) is 22.5. The maximum absolute atomic E-state index is 12.7. The molecule has 0 unspecified atom stereocenters. The van der Waals surface area contributed by atoms with Crippen molar-refractivity contribution in [1.29, 1.82) is 0 Å². The first-order valence-electron chi connectivity index (χ1n) is 9.50. The van der Waals surface area contributed by atoms with Crippen molar-refractivity contribution in [2.75, 3.05) is 18.5 Å². The number of halogens is 1. The smallest absolute Gasteiger partial charge is 0.266 e. The third-order valence-electron chi connectivity index (χ3n) is 4.25. The predicted molar refractivity (Wildman–Crippen MR) is 129 cm³/mol. The molecule has 2 aromatic rings. The summed E-state index contributed by atoms with van der Waals surface area (Å²) in [6, 6.07) is 15.0. The van der Waals surface area contributed by atoms with Gasteiger partial charge in [0.05, 0.1) is 11.5 Å². The molecular formula is C22H21BrN2O3S2. The van der Waals surface area contributed by atoms with Gasteiger partial charge in [0, 0.05) is 23.1 Å². The molecule has 0 spiro atoms. The standard InChI is InChI=1S/C22H21BrN2O3S2/c1-2-28-18-10-8-17(9-11-18)24-20(26)7-4-12-25-21(27)19(30-22(25)29)14-15-5-3-6-16(23)13-15/h3,5-6,8-11,13-14H,2,4,7,12H2,1H3,(H,24,26)/b19-14-. The molecule has 0 radical (unpaired) electrons. The Morgan fingerprint density at radius 2 is 2.03 bits per heavy atom. The monoisotopic (exact) mass is 504 g/mol. The fourth-order valence-corrected chi connectivity index (χ4v) is 4.59. The molecule has 0 saturated carbocycles. The molecule has 5 nitrogen and oxygen atoms in total. The van der Waals surface area contributed by atoms with Gasteiger partial charge in [0.1, 0.15) is 10.1 Å². The fraction of sp³-hybridized carbons (Fsp3) is 0.227. The number of carbonyl (C=O) groups excluding carboxylic acids is 2. The SMILES string of the molecule is CCOc1ccc(NC(=O)CCCN2C(=O)/C(=C/c3cccc(Br)c3)SC2=S)cc1. The quantitative estimate of drug-likeness (QED) is 0.381. The van der Waals surface area contributed by atoms with Crippen molar-refractivity contribution >= 4 is 67.8 Å². The van der Waals surface area contributed by atoms with Crippen LogP contribution in [0.5, 0.6) is 5.75 Å². The van der Waals surface area contributed by atoms with Gasteiger partial charge >= 0.3 is 0 Å². The molecule has 30 heavy (non-hydrogen) atoms. The summed E-state index contributed by atoms with van der Waals surface area (Å²) in [5, 5.41) is 2.85. The van der Waals surface area contributed by atoms with Crippen LogP contribution in [0.25, 0.3) is 6.08 Å². The van der Waals surface area contributed by atoms with E-state index in [1.807, 2.05) is 49.4 Å². The van der Waals surface area contributed by atoms with Crippen molar-refractivity contribution in [1.82, 2.24) is 4.90 Å². The molecule has 1 heterocycles. The third kappa shape index (κ3) is 6.17. The topological polar surface area (TPSA) is 58.6 Å². The molecule has 8 heteroatoms. The molecule has 1 fully saturated rings. The average molecular weight is 505 g/mol. The summed E-state index contributed by atoms with van der Waals surface area (Å²) >= 11 is 10.1. The number of thioether (sulfide) groups is 1. The summed E-state index contributed by atoms with van der Waals surface area (Å²) < 4.78 is 6.86. The minimum Gasteiger partial charge on any atom is -0.494 e. The summed E-state index contributed by atoms with van der Waals surface area (Å²) in [7, 11) is 0. The van der Waals surface area contributed by atoms with Gasteiger partial charge in [0.25, 0.3) is 5.91 Å². The molecule has 2 aromatic carbocycles. The van der Waals surface area contributed by atoms with E-state index in [4.69, 9.17) is 17.0 Å². The Hall–Kier alpha value is -2.16. The molecule has 0 atom stereocenters. The fourth-order valence-electron chi connectivity index (χ4n) is 2.86. The van der Waals surface area contributed by atoms with Crippen LogP contribution in [0.4, 0.5) is 5.69 Å². The van der Waals surface area contributed by atoms with E-state index in [-0.39, 0.29) is 11.8 Å². The summed E-state index contributed by atoms with van der Waals surface area (Å²) in [6.45, 7) is 2.93. The van der Waals surface area contributed by atoms with Crippen LogP contribution >= 0.6 is 39.9 Å². The first-order chi connectivity index (χ1) is 14.5. The number of thiocarbonyl (C=S) groups is 1. The van der Waals surface area contributed by atoms with Crippen molar-refractivity contribution < 1.29 is 14.3 Å². The average Bonchev–Trinajstić information content (AvgIpc) is 2.97. The number of carbonyl (C=O) groups is 2. The number of hydrogen-bond acceptors (Lipinski definition) is 5. The lowest BCUT2D eigenvalue weighted by atomic mass is 10.2. The van der Waals surface area contributed by atoms with Gasteiger partial charge in [-0.2, -0.15) is 0 Å². The number of nitrogens with one attached hydrogen (secondary N) is 1. The highest BCUT2D eigenvalue weighted by atomic mass is 79.9. The van der Waals surface area contributed by atoms with Gasteiger partial charge in [-0.1, -0.05) is 52.0 Å². The van der Waals surface area contributed by atoms with Gasteiger partial charge in [-0.25, -0.2) is 0 Å². The van der Waals surface area contributed by atoms with Gasteiger partial charge in [0.2, 0.25) is 5.91 Å². The van der Waals surface area contributed by atoms with Crippen LogP contribution in [0.2, 0.25) is 0 Å². The van der Waals surface area contributed by atoms with E-state index in [1.165, 1.54) is 11.8 Å². The van der Waals surface area contributed by atoms with E-state index in [2.05, 4.69) is 21.2 Å². The summed E-state index contributed by atoms with van der Waals surface area (Å²) in [5.74, 6) is 0.548. The zero-order chi connectivity index (χ0) is 21.5. The Balaban J connectivity index is 1.50. The molecule has 1 aliphatic heterocycles. The van der Waals surface area contributed by atoms with Crippen LogP contribution in [0, 0.1) is 0 Å². The van der Waals surface area contributed by atoms with Crippen LogP contribution in [0.3, 0.4) is 0 Å². The molecule has 0 aromatic heterocycles. The lowest BCUT2D eigenvalue weighted by Crippen LogP contribution is -2.29. The van der Waals surface area contributed by atoms with Crippen LogP contribution in [0.1, 0.15) is 25.3 Å². The minimum atomic E-state index is -0.114. The van der Waals surface area contributed by atoms with Crippen LogP contribution in [-0.4, -0.2) is 34.2 Å². The number of nitrogens with zero attached hydrogens (tertiary/aromatic N) is 1. The number of benzene rings is 2. The molecule has 3 rings (SSSR count). The Kier molecular flexibility index (Phi) is 8.07. The lowest BCUT2D eigenvalue weighted by molar-refractivity contribution is -0.122. The van der Waals surface area contributed by atoms with Gasteiger partial charge in [-0.3, -0.25) is 14.5 Å². The van der Waals surface area contributed by atoms with Crippen LogP contribution in [0.15, 0.2) is 57.9 Å². The van der Waals surface area contributed by atoms with E-state index < -0.39 is 0 Å². The van der Waals surface area contributed by atoms with Crippen molar-refractivity contribution in [3.63, 3.8) is 0 Å². The maximum atomic E-state index is 12.7. The van der Waals surface area contributed by atoms with E-state index in [9.17, 15) is 9.59 Å². The van der Waals surface area contributed by atoms with Crippen molar-refractivity contribution in [2.45, 2.75) is 19.8 Å². The number of hydrogen-bond donors (Lipinski definition) is 1. The first-order valence-corrected chi connectivity index (χ1v) is 11.5. The molecule has 2 amide bonds. The number of rotatable bonds is 8. The van der Waals surface area contributed by atoms with Crippen molar-refractivity contribution in [2.24, 2.45) is 0 Å². The molecule has 0 aliphatic carbocycles. The Labute approximate surface area is 194 Å². The van der Waals surface area contributed by atoms with Crippen molar-refractivity contribution in [3.8, 4) is 5.75 Å². The Morgan fingerprint density at radius 3 is 2.73 bits per heavy atom. The van der Waals surface area contributed by atoms with E-state index in [1.54, 1.807) is 17.0 Å². The number of anilines is 1. The van der Waals surface area contributed by atoms with Gasteiger partial charge in [-0.15, -0.1) is 0 Å². The van der Waals surface area contributed by atoms with Crippen LogP contribution < -0.4 is 10.1 Å². The second-order valence-electron chi connectivity index (χ2n) is 6.50. The molecule has 1 N–H and O–H groups in total. The number of amides is 2. The second-order valence-corrected chi connectivity index (χ2v) is 9.09. The Morgan fingerprint density at radius 1 is 1.27 bits per heavy atom.